The molecule has 0 aliphatic carbocycles. The molecule has 0 radical (unpaired) electrons. The number of nitrogens with one attached hydrogen (secondary N) is 1. The van der Waals surface area contributed by atoms with Crippen LogP contribution in [0.3, 0.4) is 0 Å². The first-order valence-corrected chi connectivity index (χ1v) is 9.90. The quantitative estimate of drug-likeness (QED) is 0.612. The van der Waals surface area contributed by atoms with Crippen molar-refractivity contribution in [3.63, 3.8) is 0 Å². The van der Waals surface area contributed by atoms with Crippen LogP contribution in [-0.2, 0) is 18.0 Å². The van der Waals surface area contributed by atoms with E-state index >= 15 is 0 Å². The predicted molar refractivity (Wildman–Crippen MR) is 106 cm³/mol. The van der Waals surface area contributed by atoms with Crippen molar-refractivity contribution in [2.75, 3.05) is 26.3 Å². The second-order valence-corrected chi connectivity index (χ2v) is 7.31. The van der Waals surface area contributed by atoms with E-state index in [0.29, 0.717) is 18.8 Å². The number of aromatic nitrogens is 4. The smallest absolute Gasteiger partial charge is 0.377 e. The Morgan fingerprint density at radius 3 is 2.61 bits per heavy atom. The van der Waals surface area contributed by atoms with Crippen LogP contribution in [0.25, 0.3) is 11.4 Å². The van der Waals surface area contributed by atoms with E-state index < -0.39 is 18.0 Å². The zero-order chi connectivity index (χ0) is 23.6. The Kier molecular flexibility index (Phi) is 6.14. The Balaban J connectivity index is 1.38. The van der Waals surface area contributed by atoms with Crippen molar-refractivity contribution in [2.24, 2.45) is 7.05 Å². The van der Waals surface area contributed by atoms with Crippen LogP contribution in [0.2, 0.25) is 0 Å². The van der Waals surface area contributed by atoms with E-state index in [0.717, 1.165) is 0 Å². The lowest BCUT2D eigenvalue weighted by Crippen LogP contribution is -2.53. The largest absolute Gasteiger partial charge is 0.471 e. The molecule has 2 amide bonds. The normalized spacial score (nSPS) is 16.6. The molecule has 174 valence electrons. The summed E-state index contributed by atoms with van der Waals surface area (Å²) in [4.78, 5) is 30.2. The molecule has 0 unspecified atom stereocenters. The number of aryl methyl sites for hydroxylation is 1. The molecule has 1 aromatic carbocycles. The van der Waals surface area contributed by atoms with E-state index in [1.165, 1.54) is 28.9 Å². The highest BCUT2D eigenvalue weighted by molar-refractivity contribution is 5.95. The van der Waals surface area contributed by atoms with Gasteiger partial charge in [-0.05, 0) is 18.2 Å². The number of ether oxygens (including phenoxy) is 1. The summed E-state index contributed by atoms with van der Waals surface area (Å²) < 4.78 is 49.0. The van der Waals surface area contributed by atoms with Crippen molar-refractivity contribution in [1.82, 2.24) is 30.1 Å². The SMILES string of the molecule is Cn1ccc(C(=O)N2CCOC[C@H]2CNC(=O)c2ccc(-c3noc(C(F)(F)F)n3)cc2)n1. The fourth-order valence-corrected chi connectivity index (χ4v) is 3.31. The number of rotatable bonds is 5. The van der Waals surface area contributed by atoms with Gasteiger partial charge in [0.25, 0.3) is 11.8 Å². The number of alkyl halides is 3. The minimum atomic E-state index is -4.74. The standard InChI is InChI=1S/C20H19F3N6O4/c1-28-7-6-15(26-28)18(31)29-8-9-32-11-14(29)10-24-17(30)13-4-2-12(3-5-13)16-25-19(33-27-16)20(21,22)23/h2-7,14H,8-11H2,1H3,(H,24,30)/t14-/m1/s1. The number of halogens is 3. The third kappa shape index (κ3) is 5.03. The van der Waals surface area contributed by atoms with E-state index in [-0.39, 0.29) is 42.1 Å². The van der Waals surface area contributed by atoms with Crippen LogP contribution in [0.5, 0.6) is 0 Å². The average molecular weight is 464 g/mol. The molecule has 1 fully saturated rings. The molecule has 0 saturated carbocycles. The van der Waals surface area contributed by atoms with Crippen molar-refractivity contribution < 1.29 is 32.0 Å². The molecule has 1 aliphatic heterocycles. The molecule has 13 heteroatoms. The van der Waals surface area contributed by atoms with Gasteiger partial charge in [0.15, 0.2) is 0 Å². The number of hydrogen-bond donors (Lipinski definition) is 1. The molecule has 0 spiro atoms. The molecule has 1 N–H and O–H groups in total. The van der Waals surface area contributed by atoms with Gasteiger partial charge in [-0.1, -0.05) is 17.3 Å². The van der Waals surface area contributed by atoms with Crippen LogP contribution in [0.1, 0.15) is 26.7 Å². The molecular weight excluding hydrogens is 445 g/mol. The molecule has 1 atom stereocenters. The lowest BCUT2D eigenvalue weighted by molar-refractivity contribution is -0.159. The minimum Gasteiger partial charge on any atom is -0.377 e. The number of benzene rings is 1. The molecule has 0 bridgehead atoms. The van der Waals surface area contributed by atoms with Crippen LogP contribution in [0, 0.1) is 0 Å². The van der Waals surface area contributed by atoms with Gasteiger partial charge in [-0.2, -0.15) is 23.3 Å². The lowest BCUT2D eigenvalue weighted by atomic mass is 10.1. The van der Waals surface area contributed by atoms with Crippen molar-refractivity contribution in [3.05, 3.63) is 53.7 Å². The zero-order valence-corrected chi connectivity index (χ0v) is 17.4. The van der Waals surface area contributed by atoms with Gasteiger partial charge in [-0.15, -0.1) is 0 Å². The first-order valence-electron chi connectivity index (χ1n) is 9.90. The Morgan fingerprint density at radius 2 is 1.97 bits per heavy atom. The Hall–Kier alpha value is -3.74. The van der Waals surface area contributed by atoms with Crippen molar-refractivity contribution in [3.8, 4) is 11.4 Å². The number of morpholine rings is 1. The summed E-state index contributed by atoms with van der Waals surface area (Å²) in [5, 5.41) is 10.2. The summed E-state index contributed by atoms with van der Waals surface area (Å²) in [5.74, 6) is -2.35. The van der Waals surface area contributed by atoms with Gasteiger partial charge in [-0.3, -0.25) is 14.3 Å². The summed E-state index contributed by atoms with van der Waals surface area (Å²) in [6, 6.07) is 6.94. The van der Waals surface area contributed by atoms with E-state index in [1.807, 2.05) is 0 Å². The molecular formula is C20H19F3N6O4. The van der Waals surface area contributed by atoms with E-state index in [4.69, 9.17) is 4.74 Å². The average Bonchev–Trinajstić information content (AvgIpc) is 3.47. The van der Waals surface area contributed by atoms with Crippen LogP contribution >= 0.6 is 0 Å². The van der Waals surface area contributed by atoms with Crippen molar-refractivity contribution >= 4 is 11.8 Å². The number of nitrogens with zero attached hydrogens (tertiary/aromatic N) is 5. The maximum absolute atomic E-state index is 12.8. The molecule has 1 saturated heterocycles. The van der Waals surface area contributed by atoms with Crippen LogP contribution < -0.4 is 5.32 Å². The Bertz CT molecular complexity index is 1140. The molecule has 3 aromatic rings. The van der Waals surface area contributed by atoms with E-state index in [2.05, 4.69) is 25.1 Å². The molecule has 10 nitrogen and oxygen atoms in total. The monoisotopic (exact) mass is 464 g/mol. The van der Waals surface area contributed by atoms with Gasteiger partial charge in [0.2, 0.25) is 5.82 Å². The molecule has 3 heterocycles. The van der Waals surface area contributed by atoms with Gasteiger partial charge in [-0.25, -0.2) is 0 Å². The first kappa shape index (κ1) is 22.5. The van der Waals surface area contributed by atoms with E-state index in [9.17, 15) is 22.8 Å². The van der Waals surface area contributed by atoms with Crippen molar-refractivity contribution in [1.29, 1.82) is 0 Å². The van der Waals surface area contributed by atoms with Gasteiger partial charge in [0.1, 0.15) is 5.69 Å². The molecule has 2 aromatic heterocycles. The van der Waals surface area contributed by atoms with Crippen LogP contribution in [0.15, 0.2) is 41.1 Å². The molecule has 33 heavy (non-hydrogen) atoms. The Labute approximate surface area is 185 Å². The summed E-state index contributed by atoms with van der Waals surface area (Å²) in [7, 11) is 1.72. The summed E-state index contributed by atoms with van der Waals surface area (Å²) in [6.45, 7) is 1.17. The van der Waals surface area contributed by atoms with Crippen LogP contribution in [0.4, 0.5) is 13.2 Å². The lowest BCUT2D eigenvalue weighted by Gasteiger charge is -2.35. The zero-order valence-electron chi connectivity index (χ0n) is 17.4. The third-order valence-corrected chi connectivity index (χ3v) is 4.99. The maximum atomic E-state index is 12.8. The molecule has 4 rings (SSSR count). The molecule has 1 aliphatic rings. The third-order valence-electron chi connectivity index (χ3n) is 4.99. The van der Waals surface area contributed by atoms with Gasteiger partial charge >= 0.3 is 12.1 Å². The van der Waals surface area contributed by atoms with Crippen molar-refractivity contribution in [2.45, 2.75) is 12.2 Å². The highest BCUT2D eigenvalue weighted by Crippen LogP contribution is 2.29. The second kappa shape index (κ2) is 9.02. The number of amides is 2. The highest BCUT2D eigenvalue weighted by Gasteiger charge is 2.38. The Morgan fingerprint density at radius 1 is 1.21 bits per heavy atom. The van der Waals surface area contributed by atoms with Gasteiger partial charge in [0.05, 0.1) is 19.3 Å². The fourth-order valence-electron chi connectivity index (χ4n) is 3.31. The fraction of sp³-hybridized carbons (Fsp3) is 0.350. The summed E-state index contributed by atoms with van der Waals surface area (Å²) in [6.07, 6.45) is -3.06. The maximum Gasteiger partial charge on any atom is 0.471 e. The number of carbonyl (C=O) groups is 2. The van der Waals surface area contributed by atoms with Crippen LogP contribution in [-0.4, -0.2) is 69.0 Å². The highest BCUT2D eigenvalue weighted by atomic mass is 19.4. The second-order valence-electron chi connectivity index (χ2n) is 7.31. The summed E-state index contributed by atoms with van der Waals surface area (Å²) >= 11 is 0. The van der Waals surface area contributed by atoms with Gasteiger partial charge < -0.3 is 19.5 Å². The number of carbonyl (C=O) groups excluding carboxylic acids is 2. The number of hydrogen-bond acceptors (Lipinski definition) is 7. The van der Waals surface area contributed by atoms with E-state index in [1.54, 1.807) is 24.2 Å². The first-order chi connectivity index (χ1) is 15.7. The topological polar surface area (TPSA) is 115 Å². The summed E-state index contributed by atoms with van der Waals surface area (Å²) in [5.41, 5.74) is 0.845. The van der Waals surface area contributed by atoms with Gasteiger partial charge in [0, 0.05) is 37.5 Å². The minimum absolute atomic E-state index is 0.152. The predicted octanol–water partition coefficient (Wildman–Crippen LogP) is 1.76.